The van der Waals surface area contributed by atoms with E-state index in [4.69, 9.17) is 4.74 Å². The van der Waals surface area contributed by atoms with Gasteiger partial charge in [-0.2, -0.15) is 0 Å². The Kier molecular flexibility index (Phi) is 3.28. The summed E-state index contributed by atoms with van der Waals surface area (Å²) < 4.78 is 18.7. The summed E-state index contributed by atoms with van der Waals surface area (Å²) in [5, 5.41) is 3.38. The van der Waals surface area contributed by atoms with E-state index in [0.717, 1.165) is 30.8 Å². The second-order valence-electron chi connectivity index (χ2n) is 4.92. The summed E-state index contributed by atoms with van der Waals surface area (Å²) in [5.41, 5.74) is 0.980. The van der Waals surface area contributed by atoms with Crippen molar-refractivity contribution >= 4 is 5.90 Å². The molecular weight excluding hydrogens is 231 g/mol. The van der Waals surface area contributed by atoms with E-state index >= 15 is 0 Å². The van der Waals surface area contributed by atoms with E-state index in [-0.39, 0.29) is 11.9 Å². The molecule has 96 valence electrons. The Balaban J connectivity index is 1.64. The van der Waals surface area contributed by atoms with Crippen LogP contribution in [-0.2, 0) is 11.2 Å². The molecule has 2 aliphatic heterocycles. The van der Waals surface area contributed by atoms with Crippen LogP contribution in [0.2, 0.25) is 0 Å². The molecule has 2 heterocycles. The molecule has 1 aromatic carbocycles. The number of aliphatic imine (C=N–C) groups is 1. The Morgan fingerprint density at radius 2 is 2.39 bits per heavy atom. The Morgan fingerprint density at radius 3 is 3.17 bits per heavy atom. The summed E-state index contributed by atoms with van der Waals surface area (Å²) in [7, 11) is 0. The number of hydrogen-bond acceptors (Lipinski definition) is 3. The van der Waals surface area contributed by atoms with Gasteiger partial charge in [0.05, 0.1) is 12.1 Å². The van der Waals surface area contributed by atoms with Gasteiger partial charge in [0, 0.05) is 0 Å². The maximum Gasteiger partial charge on any atom is 0.201 e. The van der Waals surface area contributed by atoms with Crippen molar-refractivity contribution in [2.24, 2.45) is 4.99 Å². The first-order valence-corrected chi connectivity index (χ1v) is 6.49. The summed E-state index contributed by atoms with van der Waals surface area (Å²) in [4.78, 5) is 4.60. The Morgan fingerprint density at radius 1 is 1.44 bits per heavy atom. The molecule has 3 rings (SSSR count). The third-order valence-electron chi connectivity index (χ3n) is 3.45. The van der Waals surface area contributed by atoms with Gasteiger partial charge in [-0.3, -0.25) is 0 Å². The quantitative estimate of drug-likeness (QED) is 0.886. The molecular formula is C14H17FN2O. The predicted molar refractivity (Wildman–Crippen MR) is 68.3 cm³/mol. The van der Waals surface area contributed by atoms with Crippen molar-refractivity contribution in [1.82, 2.24) is 5.32 Å². The van der Waals surface area contributed by atoms with Gasteiger partial charge in [0.15, 0.2) is 0 Å². The van der Waals surface area contributed by atoms with Crippen LogP contribution in [0, 0.1) is 5.82 Å². The smallest absolute Gasteiger partial charge is 0.201 e. The van der Waals surface area contributed by atoms with E-state index in [0.29, 0.717) is 12.6 Å². The molecule has 0 amide bonds. The van der Waals surface area contributed by atoms with E-state index in [9.17, 15) is 4.39 Å². The van der Waals surface area contributed by atoms with Gasteiger partial charge in [-0.05, 0) is 43.5 Å². The Labute approximate surface area is 106 Å². The highest BCUT2D eigenvalue weighted by atomic mass is 19.1. The molecule has 1 fully saturated rings. The molecule has 2 atom stereocenters. The summed E-state index contributed by atoms with van der Waals surface area (Å²) >= 11 is 0. The first-order chi connectivity index (χ1) is 8.81. The monoisotopic (exact) mass is 248 g/mol. The number of ether oxygens (including phenoxy) is 1. The average Bonchev–Trinajstić information content (AvgIpc) is 2.98. The molecule has 18 heavy (non-hydrogen) atoms. The SMILES string of the molecule is Fc1cccc(CC2COC(C3CCCN3)=N2)c1. The van der Waals surface area contributed by atoms with E-state index in [1.54, 1.807) is 12.1 Å². The molecule has 0 aliphatic carbocycles. The first kappa shape index (κ1) is 11.7. The number of rotatable bonds is 3. The molecule has 1 aromatic rings. The maximum atomic E-state index is 13.1. The van der Waals surface area contributed by atoms with Crippen molar-refractivity contribution < 1.29 is 9.13 Å². The van der Waals surface area contributed by atoms with Crippen molar-refractivity contribution in [2.75, 3.05) is 13.2 Å². The maximum absolute atomic E-state index is 13.1. The number of nitrogens with one attached hydrogen (secondary N) is 1. The van der Waals surface area contributed by atoms with Crippen LogP contribution in [0.3, 0.4) is 0 Å². The molecule has 0 saturated carbocycles. The lowest BCUT2D eigenvalue weighted by molar-refractivity contribution is 0.302. The van der Waals surface area contributed by atoms with Gasteiger partial charge < -0.3 is 10.1 Å². The second-order valence-corrected chi connectivity index (χ2v) is 4.92. The third kappa shape index (κ3) is 2.53. The summed E-state index contributed by atoms with van der Waals surface area (Å²) in [6.45, 7) is 1.66. The fourth-order valence-corrected chi connectivity index (χ4v) is 2.56. The number of nitrogens with zero attached hydrogens (tertiary/aromatic N) is 1. The second kappa shape index (κ2) is 5.06. The minimum absolute atomic E-state index is 0.129. The largest absolute Gasteiger partial charge is 0.478 e. The van der Waals surface area contributed by atoms with Crippen molar-refractivity contribution in [3.05, 3.63) is 35.6 Å². The molecule has 0 aromatic heterocycles. The summed E-state index contributed by atoms with van der Waals surface area (Å²) in [6, 6.07) is 7.13. The van der Waals surface area contributed by atoms with Crippen LogP contribution in [0.25, 0.3) is 0 Å². The van der Waals surface area contributed by atoms with Crippen molar-refractivity contribution in [3.8, 4) is 0 Å². The average molecular weight is 248 g/mol. The van der Waals surface area contributed by atoms with E-state index in [1.807, 2.05) is 6.07 Å². The fourth-order valence-electron chi connectivity index (χ4n) is 2.56. The highest BCUT2D eigenvalue weighted by Crippen LogP contribution is 2.17. The van der Waals surface area contributed by atoms with Crippen molar-refractivity contribution in [3.63, 3.8) is 0 Å². The molecule has 2 aliphatic rings. The molecule has 1 saturated heterocycles. The van der Waals surface area contributed by atoms with Crippen LogP contribution in [0.15, 0.2) is 29.3 Å². The van der Waals surface area contributed by atoms with Crippen LogP contribution in [0.1, 0.15) is 18.4 Å². The van der Waals surface area contributed by atoms with Gasteiger partial charge in [-0.1, -0.05) is 12.1 Å². The minimum Gasteiger partial charge on any atom is -0.478 e. The van der Waals surface area contributed by atoms with Crippen molar-refractivity contribution in [2.45, 2.75) is 31.3 Å². The molecule has 1 N–H and O–H groups in total. The Bertz CT molecular complexity index is 455. The molecule has 4 heteroatoms. The van der Waals surface area contributed by atoms with Crippen molar-refractivity contribution in [1.29, 1.82) is 0 Å². The summed E-state index contributed by atoms with van der Waals surface area (Å²) in [6.07, 6.45) is 3.03. The lowest BCUT2D eigenvalue weighted by atomic mass is 10.1. The van der Waals surface area contributed by atoms with Crippen LogP contribution < -0.4 is 5.32 Å². The van der Waals surface area contributed by atoms with Crippen LogP contribution in [-0.4, -0.2) is 31.1 Å². The zero-order valence-corrected chi connectivity index (χ0v) is 10.2. The van der Waals surface area contributed by atoms with Gasteiger partial charge in [0.2, 0.25) is 5.90 Å². The number of hydrogen-bond donors (Lipinski definition) is 1. The molecule has 0 bridgehead atoms. The van der Waals surface area contributed by atoms with E-state index in [2.05, 4.69) is 10.3 Å². The van der Waals surface area contributed by atoms with Gasteiger partial charge >= 0.3 is 0 Å². The Hall–Kier alpha value is -1.42. The highest BCUT2D eigenvalue weighted by Gasteiger charge is 2.27. The normalized spacial score (nSPS) is 27.1. The standard InChI is InChI=1S/C14H17FN2O/c15-11-4-1-3-10(7-11)8-12-9-18-14(17-12)13-5-2-6-16-13/h1,3-4,7,12-13,16H,2,5-6,8-9H2. The first-order valence-electron chi connectivity index (χ1n) is 6.49. The van der Waals surface area contributed by atoms with E-state index in [1.165, 1.54) is 12.5 Å². The zero-order chi connectivity index (χ0) is 12.4. The predicted octanol–water partition coefficient (Wildman–Crippen LogP) is 1.92. The topological polar surface area (TPSA) is 33.6 Å². The lowest BCUT2D eigenvalue weighted by Gasteiger charge is -2.08. The highest BCUT2D eigenvalue weighted by molar-refractivity contribution is 5.83. The lowest BCUT2D eigenvalue weighted by Crippen LogP contribution is -2.30. The van der Waals surface area contributed by atoms with Gasteiger partial charge in [-0.25, -0.2) is 9.38 Å². The summed E-state index contributed by atoms with van der Waals surface area (Å²) in [5.74, 6) is 0.655. The van der Waals surface area contributed by atoms with Gasteiger partial charge in [0.25, 0.3) is 0 Å². The number of benzene rings is 1. The fraction of sp³-hybridized carbons (Fsp3) is 0.500. The van der Waals surface area contributed by atoms with Gasteiger partial charge in [-0.15, -0.1) is 0 Å². The van der Waals surface area contributed by atoms with Crippen LogP contribution in [0.4, 0.5) is 4.39 Å². The van der Waals surface area contributed by atoms with Crippen LogP contribution >= 0.6 is 0 Å². The van der Waals surface area contributed by atoms with Crippen LogP contribution in [0.5, 0.6) is 0 Å². The zero-order valence-electron chi connectivity index (χ0n) is 10.2. The molecule has 3 nitrogen and oxygen atoms in total. The van der Waals surface area contributed by atoms with E-state index < -0.39 is 0 Å². The minimum atomic E-state index is -0.187. The van der Waals surface area contributed by atoms with Gasteiger partial charge in [0.1, 0.15) is 12.4 Å². The molecule has 2 unspecified atom stereocenters. The third-order valence-corrected chi connectivity index (χ3v) is 3.45. The molecule has 0 radical (unpaired) electrons. The number of halogens is 1. The molecule has 0 spiro atoms.